The number of rotatable bonds is 3. The zero-order valence-electron chi connectivity index (χ0n) is 6.67. The van der Waals surface area contributed by atoms with E-state index in [0.717, 1.165) is 9.21 Å². The van der Waals surface area contributed by atoms with Gasteiger partial charge in [0.1, 0.15) is 0 Å². The summed E-state index contributed by atoms with van der Waals surface area (Å²) in [6.45, 7) is 2.39. The van der Waals surface area contributed by atoms with Crippen LogP contribution >= 0.6 is 22.9 Å². The van der Waals surface area contributed by atoms with Crippen LogP contribution in [0.25, 0.3) is 0 Å². The van der Waals surface area contributed by atoms with E-state index < -0.39 is 0 Å². The molecule has 0 aliphatic carbocycles. The molecule has 1 N–H and O–H groups in total. The van der Waals surface area contributed by atoms with E-state index in [1.165, 1.54) is 11.3 Å². The molecule has 1 rings (SSSR count). The molecule has 12 heavy (non-hydrogen) atoms. The Morgan fingerprint density at radius 2 is 2.50 bits per heavy atom. The molecule has 4 heteroatoms. The predicted molar refractivity (Wildman–Crippen MR) is 51.4 cm³/mol. The zero-order chi connectivity index (χ0) is 8.97. The molecule has 0 fully saturated rings. The summed E-state index contributed by atoms with van der Waals surface area (Å²) in [6.07, 6.45) is 0. The Balaban J connectivity index is 2.54. The van der Waals surface area contributed by atoms with Gasteiger partial charge >= 0.3 is 0 Å². The van der Waals surface area contributed by atoms with Crippen molar-refractivity contribution in [3.63, 3.8) is 0 Å². The van der Waals surface area contributed by atoms with Gasteiger partial charge in [0.05, 0.1) is 17.0 Å². The quantitative estimate of drug-likeness (QED) is 0.762. The summed E-state index contributed by atoms with van der Waals surface area (Å²) in [6, 6.07) is 6.09. The lowest BCUT2D eigenvalue weighted by Crippen LogP contribution is -2.17. The number of hydrogen-bond donors (Lipinski definition) is 1. The molecule has 1 aromatic rings. The summed E-state index contributed by atoms with van der Waals surface area (Å²) < 4.78 is 0.788. The Morgan fingerprint density at radius 3 is 3.00 bits per heavy atom. The molecule has 1 atom stereocenters. The second-order valence-electron chi connectivity index (χ2n) is 2.40. The highest BCUT2D eigenvalue weighted by molar-refractivity contribution is 7.16. The summed E-state index contributed by atoms with van der Waals surface area (Å²) in [5.41, 5.74) is 0. The Bertz CT molecular complexity index is 289. The van der Waals surface area contributed by atoms with Crippen LogP contribution in [0.2, 0.25) is 4.34 Å². The molecule has 2 nitrogen and oxygen atoms in total. The topological polar surface area (TPSA) is 35.8 Å². The molecule has 0 spiro atoms. The average molecular weight is 201 g/mol. The number of thiophene rings is 1. The van der Waals surface area contributed by atoms with Crippen molar-refractivity contribution >= 4 is 22.9 Å². The fourth-order valence-electron chi connectivity index (χ4n) is 0.860. The molecule has 0 aliphatic heterocycles. The van der Waals surface area contributed by atoms with Crippen molar-refractivity contribution < 1.29 is 0 Å². The van der Waals surface area contributed by atoms with Crippen LogP contribution in [0.15, 0.2) is 12.1 Å². The van der Waals surface area contributed by atoms with Gasteiger partial charge in [-0.1, -0.05) is 11.6 Å². The normalized spacial score (nSPS) is 12.4. The van der Waals surface area contributed by atoms with Gasteiger partial charge in [0.25, 0.3) is 0 Å². The zero-order valence-corrected chi connectivity index (χ0v) is 8.25. The Labute approximate surface area is 80.8 Å². The Morgan fingerprint density at radius 1 is 1.75 bits per heavy atom. The van der Waals surface area contributed by atoms with Crippen LogP contribution in [0.4, 0.5) is 0 Å². The summed E-state index contributed by atoms with van der Waals surface area (Å²) in [5, 5.41) is 11.4. The van der Waals surface area contributed by atoms with Gasteiger partial charge < -0.3 is 0 Å². The summed E-state index contributed by atoms with van der Waals surface area (Å²) in [5.74, 6) is 0. The molecule has 1 aromatic heterocycles. The Kier molecular flexibility index (Phi) is 3.54. The maximum absolute atomic E-state index is 8.33. The van der Waals surface area contributed by atoms with Gasteiger partial charge in [0.15, 0.2) is 0 Å². The van der Waals surface area contributed by atoms with Crippen molar-refractivity contribution in [3.05, 3.63) is 21.3 Å². The average Bonchev–Trinajstić information content (AvgIpc) is 2.47. The third-order valence-corrected chi connectivity index (χ3v) is 2.92. The molecule has 1 heterocycles. The first-order valence-electron chi connectivity index (χ1n) is 3.59. The number of nitrogens with zero attached hydrogens (tertiary/aromatic N) is 1. The van der Waals surface area contributed by atoms with Crippen molar-refractivity contribution in [2.45, 2.75) is 13.0 Å². The van der Waals surface area contributed by atoms with Crippen molar-refractivity contribution in [1.29, 1.82) is 5.26 Å². The SMILES string of the molecule is CC(NCC#N)c1ccc(Cl)s1. The lowest BCUT2D eigenvalue weighted by molar-refractivity contribution is 0.631. The molecule has 0 saturated carbocycles. The molecular weight excluding hydrogens is 192 g/mol. The van der Waals surface area contributed by atoms with Gasteiger partial charge in [-0.2, -0.15) is 5.26 Å². The minimum absolute atomic E-state index is 0.210. The van der Waals surface area contributed by atoms with Gasteiger partial charge in [0, 0.05) is 10.9 Å². The number of halogens is 1. The van der Waals surface area contributed by atoms with Crippen molar-refractivity contribution in [2.24, 2.45) is 0 Å². The number of nitriles is 1. The summed E-state index contributed by atoms with van der Waals surface area (Å²) >= 11 is 7.30. The summed E-state index contributed by atoms with van der Waals surface area (Å²) in [7, 11) is 0. The second kappa shape index (κ2) is 4.46. The van der Waals surface area contributed by atoms with E-state index in [2.05, 4.69) is 5.32 Å². The Hall–Kier alpha value is -0.560. The molecule has 0 saturated heterocycles. The second-order valence-corrected chi connectivity index (χ2v) is 4.15. The highest BCUT2D eigenvalue weighted by Crippen LogP contribution is 2.26. The fraction of sp³-hybridized carbons (Fsp3) is 0.375. The molecule has 1 unspecified atom stereocenters. The van der Waals surface area contributed by atoms with Crippen LogP contribution < -0.4 is 5.32 Å². The first kappa shape index (κ1) is 9.53. The van der Waals surface area contributed by atoms with Gasteiger partial charge in [-0.3, -0.25) is 5.32 Å². The van der Waals surface area contributed by atoms with Crippen LogP contribution in [0.5, 0.6) is 0 Å². The summed E-state index contributed by atoms with van der Waals surface area (Å²) in [4.78, 5) is 1.16. The molecule has 0 aromatic carbocycles. The van der Waals surface area contributed by atoms with E-state index >= 15 is 0 Å². The van der Waals surface area contributed by atoms with E-state index in [0.29, 0.717) is 6.54 Å². The van der Waals surface area contributed by atoms with Gasteiger partial charge in [-0.15, -0.1) is 11.3 Å². The highest BCUT2D eigenvalue weighted by Gasteiger charge is 2.05. The van der Waals surface area contributed by atoms with Crippen LogP contribution in [0.1, 0.15) is 17.8 Å². The lowest BCUT2D eigenvalue weighted by Gasteiger charge is -2.07. The molecular formula is C8H9ClN2S. The van der Waals surface area contributed by atoms with Crippen molar-refractivity contribution in [2.75, 3.05) is 6.54 Å². The fourth-order valence-corrected chi connectivity index (χ4v) is 1.95. The van der Waals surface area contributed by atoms with Gasteiger partial charge in [0.2, 0.25) is 0 Å². The number of hydrogen-bond acceptors (Lipinski definition) is 3. The van der Waals surface area contributed by atoms with Crippen LogP contribution in [-0.2, 0) is 0 Å². The monoisotopic (exact) mass is 200 g/mol. The molecule has 0 bridgehead atoms. The van der Waals surface area contributed by atoms with Gasteiger partial charge in [-0.05, 0) is 19.1 Å². The minimum atomic E-state index is 0.210. The van der Waals surface area contributed by atoms with Crippen LogP contribution in [0, 0.1) is 11.3 Å². The standard InChI is InChI=1S/C8H9ClN2S/c1-6(11-5-4-10)7-2-3-8(9)12-7/h2-3,6,11H,5H2,1H3. The maximum atomic E-state index is 8.33. The van der Waals surface area contributed by atoms with Crippen molar-refractivity contribution in [1.82, 2.24) is 5.32 Å². The van der Waals surface area contributed by atoms with Crippen LogP contribution in [0.3, 0.4) is 0 Å². The van der Waals surface area contributed by atoms with E-state index in [4.69, 9.17) is 16.9 Å². The minimum Gasteiger partial charge on any atom is -0.297 e. The van der Waals surface area contributed by atoms with Gasteiger partial charge in [-0.25, -0.2) is 0 Å². The third-order valence-electron chi connectivity index (χ3n) is 1.51. The van der Waals surface area contributed by atoms with Crippen LogP contribution in [-0.4, -0.2) is 6.54 Å². The molecule has 0 aliphatic rings. The first-order chi connectivity index (χ1) is 5.74. The van der Waals surface area contributed by atoms with E-state index in [1.54, 1.807) is 0 Å². The predicted octanol–water partition coefficient (Wildman–Crippen LogP) is 2.58. The number of nitrogens with one attached hydrogen (secondary N) is 1. The third kappa shape index (κ3) is 2.49. The lowest BCUT2D eigenvalue weighted by atomic mass is 10.3. The van der Waals surface area contributed by atoms with E-state index in [-0.39, 0.29) is 6.04 Å². The highest BCUT2D eigenvalue weighted by atomic mass is 35.5. The molecule has 64 valence electrons. The molecule has 0 amide bonds. The maximum Gasteiger partial charge on any atom is 0.0931 e. The molecule has 0 radical (unpaired) electrons. The van der Waals surface area contributed by atoms with Crippen molar-refractivity contribution in [3.8, 4) is 6.07 Å². The largest absolute Gasteiger partial charge is 0.297 e. The van der Waals surface area contributed by atoms with E-state index in [9.17, 15) is 0 Å². The van der Waals surface area contributed by atoms with E-state index in [1.807, 2.05) is 25.1 Å². The smallest absolute Gasteiger partial charge is 0.0931 e. The first-order valence-corrected chi connectivity index (χ1v) is 4.79.